The summed E-state index contributed by atoms with van der Waals surface area (Å²) in [6, 6.07) is 0. The topological polar surface area (TPSA) is 71.4 Å². The average molecular weight is 333 g/mol. The third kappa shape index (κ3) is 12.9. The predicted molar refractivity (Wildman–Crippen MR) is 91.6 cm³/mol. The Balaban J connectivity index is 3.93. The summed E-state index contributed by atoms with van der Waals surface area (Å²) in [4.78, 5) is 11.0. The van der Waals surface area contributed by atoms with Crippen LogP contribution in [0.3, 0.4) is 0 Å². The average Bonchev–Trinajstić information content (AvgIpc) is 2.42. The summed E-state index contributed by atoms with van der Waals surface area (Å²) >= 11 is 0. The summed E-state index contributed by atoms with van der Waals surface area (Å²) in [7, 11) is -3.07. The van der Waals surface area contributed by atoms with Crippen molar-refractivity contribution in [3.05, 3.63) is 11.0 Å². The van der Waals surface area contributed by atoms with Gasteiger partial charge >= 0.3 is 5.97 Å². The number of allylic oxidation sites excluding steroid dienone is 2. The fourth-order valence-corrected chi connectivity index (χ4v) is 3.31. The van der Waals surface area contributed by atoms with E-state index >= 15 is 0 Å². The molecule has 0 saturated heterocycles. The van der Waals surface area contributed by atoms with Gasteiger partial charge in [-0.15, -0.1) is 0 Å². The molecule has 5 heteroatoms. The van der Waals surface area contributed by atoms with Crippen LogP contribution in [-0.4, -0.2) is 25.7 Å². The Labute approximate surface area is 135 Å². The summed E-state index contributed by atoms with van der Waals surface area (Å²) in [6.07, 6.45) is 13.9. The molecule has 0 spiro atoms. The zero-order valence-corrected chi connectivity index (χ0v) is 15.0. The van der Waals surface area contributed by atoms with E-state index in [0.29, 0.717) is 11.3 Å². The van der Waals surface area contributed by atoms with Crippen LogP contribution in [0.1, 0.15) is 84.0 Å². The summed E-state index contributed by atoms with van der Waals surface area (Å²) in [6.45, 7) is 2.14. The number of aliphatic carboxylic acids is 1. The van der Waals surface area contributed by atoms with Gasteiger partial charge in [0, 0.05) is 17.6 Å². The molecule has 0 fully saturated rings. The van der Waals surface area contributed by atoms with Crippen molar-refractivity contribution in [2.75, 3.05) is 6.26 Å². The van der Waals surface area contributed by atoms with Gasteiger partial charge in [-0.25, -0.2) is 8.42 Å². The first-order valence-electron chi connectivity index (χ1n) is 8.48. The molecule has 4 nitrogen and oxygen atoms in total. The Morgan fingerprint density at radius 3 is 2.05 bits per heavy atom. The molecule has 0 aromatic carbocycles. The van der Waals surface area contributed by atoms with Gasteiger partial charge in [0.15, 0.2) is 9.84 Å². The van der Waals surface area contributed by atoms with E-state index in [1.54, 1.807) is 0 Å². The summed E-state index contributed by atoms with van der Waals surface area (Å²) in [5.74, 6) is -0.733. The highest BCUT2D eigenvalue weighted by atomic mass is 32.2. The minimum absolute atomic E-state index is 0.246. The van der Waals surface area contributed by atoms with Crippen LogP contribution < -0.4 is 0 Å². The molecular weight excluding hydrogens is 300 g/mol. The molecule has 0 aliphatic heterocycles. The van der Waals surface area contributed by atoms with E-state index in [-0.39, 0.29) is 6.42 Å². The largest absolute Gasteiger partial charge is 0.481 e. The third-order valence-electron chi connectivity index (χ3n) is 3.72. The molecule has 1 N–H and O–H groups in total. The first kappa shape index (κ1) is 21.2. The molecular formula is C17H32O4S. The molecule has 0 aliphatic rings. The maximum atomic E-state index is 11.7. The number of carbonyl (C=O) groups is 1. The molecule has 0 radical (unpaired) electrons. The van der Waals surface area contributed by atoms with Gasteiger partial charge in [0.25, 0.3) is 0 Å². The molecule has 130 valence electrons. The molecule has 0 aromatic heterocycles. The lowest BCUT2D eigenvalue weighted by molar-refractivity contribution is -0.137. The number of sulfone groups is 1. The molecule has 0 aliphatic carbocycles. The quantitative estimate of drug-likeness (QED) is 0.468. The number of hydrogen-bond donors (Lipinski definition) is 1. The number of rotatable bonds is 14. The fourth-order valence-electron chi connectivity index (χ4n) is 2.38. The first-order valence-corrected chi connectivity index (χ1v) is 10.4. The molecule has 0 heterocycles. The van der Waals surface area contributed by atoms with Crippen molar-refractivity contribution in [3.8, 4) is 0 Å². The van der Waals surface area contributed by atoms with Crippen LogP contribution in [0.15, 0.2) is 11.0 Å². The summed E-state index contributed by atoms with van der Waals surface area (Å²) < 4.78 is 23.5. The highest BCUT2D eigenvalue weighted by molar-refractivity contribution is 7.94. The Morgan fingerprint density at radius 2 is 1.45 bits per heavy atom. The van der Waals surface area contributed by atoms with Gasteiger partial charge in [-0.1, -0.05) is 51.5 Å². The zero-order chi connectivity index (χ0) is 16.8. The highest BCUT2D eigenvalue weighted by Gasteiger charge is 2.10. The minimum Gasteiger partial charge on any atom is -0.481 e. The molecule has 0 saturated carbocycles. The van der Waals surface area contributed by atoms with E-state index in [9.17, 15) is 13.2 Å². The Bertz CT molecular complexity index is 424. The fraction of sp³-hybridized carbons (Fsp3) is 0.824. The van der Waals surface area contributed by atoms with Gasteiger partial charge in [-0.2, -0.15) is 0 Å². The molecule has 0 atom stereocenters. The van der Waals surface area contributed by atoms with Crippen molar-refractivity contribution < 1.29 is 18.3 Å². The van der Waals surface area contributed by atoms with Gasteiger partial charge in [0.05, 0.1) is 0 Å². The summed E-state index contributed by atoms with van der Waals surface area (Å²) in [5, 5.41) is 8.53. The van der Waals surface area contributed by atoms with Crippen molar-refractivity contribution in [1.29, 1.82) is 0 Å². The van der Waals surface area contributed by atoms with Gasteiger partial charge in [-0.05, 0) is 32.1 Å². The first-order chi connectivity index (χ1) is 10.4. The van der Waals surface area contributed by atoms with Gasteiger partial charge in [0.1, 0.15) is 0 Å². The number of carboxylic acid groups (broad SMARTS) is 1. The monoisotopic (exact) mass is 332 g/mol. The van der Waals surface area contributed by atoms with E-state index in [0.717, 1.165) is 64.2 Å². The highest BCUT2D eigenvalue weighted by Crippen LogP contribution is 2.17. The second-order valence-corrected chi connectivity index (χ2v) is 8.02. The standard InChI is InChI=1S/C17H32O4S/c1-3-4-5-10-13-16(22(2,20)21)14-11-8-6-7-9-12-15-17(18)19/h14H,3-13,15H2,1-2H3,(H,18,19)/b16-14-. The Morgan fingerprint density at radius 1 is 0.909 bits per heavy atom. The maximum absolute atomic E-state index is 11.7. The molecule has 0 rings (SSSR count). The van der Waals surface area contributed by atoms with Crippen molar-refractivity contribution in [3.63, 3.8) is 0 Å². The van der Waals surface area contributed by atoms with Crippen LogP contribution in [-0.2, 0) is 14.6 Å². The molecule has 0 aromatic rings. The second kappa shape index (κ2) is 12.7. The SMILES string of the molecule is CCCCCC/C(=C/CCCCCCCC(=O)O)S(C)(=O)=O. The van der Waals surface area contributed by atoms with Gasteiger partial charge in [-0.3, -0.25) is 4.79 Å². The zero-order valence-electron chi connectivity index (χ0n) is 14.1. The Hall–Kier alpha value is -0.840. The maximum Gasteiger partial charge on any atom is 0.303 e. The van der Waals surface area contributed by atoms with E-state index in [4.69, 9.17) is 5.11 Å². The van der Waals surface area contributed by atoms with Gasteiger partial charge in [0.2, 0.25) is 0 Å². The lowest BCUT2D eigenvalue weighted by Gasteiger charge is -2.06. The van der Waals surface area contributed by atoms with Crippen LogP contribution >= 0.6 is 0 Å². The van der Waals surface area contributed by atoms with Crippen LogP contribution in [0.2, 0.25) is 0 Å². The minimum atomic E-state index is -3.07. The molecule has 0 bridgehead atoms. The summed E-state index contributed by atoms with van der Waals surface area (Å²) in [5.41, 5.74) is 0. The van der Waals surface area contributed by atoms with E-state index in [2.05, 4.69) is 6.92 Å². The predicted octanol–water partition coefficient (Wildman–Crippen LogP) is 4.70. The van der Waals surface area contributed by atoms with Crippen molar-refractivity contribution in [2.45, 2.75) is 84.0 Å². The smallest absolute Gasteiger partial charge is 0.303 e. The number of hydrogen-bond acceptors (Lipinski definition) is 3. The van der Waals surface area contributed by atoms with E-state index < -0.39 is 15.8 Å². The second-order valence-electron chi connectivity index (χ2n) is 5.95. The number of unbranched alkanes of at least 4 members (excludes halogenated alkanes) is 8. The lowest BCUT2D eigenvalue weighted by Crippen LogP contribution is -2.01. The van der Waals surface area contributed by atoms with Crippen LogP contribution in [0.4, 0.5) is 0 Å². The van der Waals surface area contributed by atoms with Crippen LogP contribution in [0.5, 0.6) is 0 Å². The molecule has 22 heavy (non-hydrogen) atoms. The van der Waals surface area contributed by atoms with E-state index in [1.807, 2.05) is 6.08 Å². The van der Waals surface area contributed by atoms with Crippen molar-refractivity contribution in [1.82, 2.24) is 0 Å². The molecule has 0 unspecified atom stereocenters. The van der Waals surface area contributed by atoms with Crippen molar-refractivity contribution >= 4 is 15.8 Å². The lowest BCUT2D eigenvalue weighted by atomic mass is 10.1. The Kier molecular flexibility index (Phi) is 12.2. The van der Waals surface area contributed by atoms with E-state index in [1.165, 1.54) is 6.26 Å². The number of carboxylic acids is 1. The normalized spacial score (nSPS) is 12.5. The van der Waals surface area contributed by atoms with Crippen LogP contribution in [0.25, 0.3) is 0 Å². The van der Waals surface area contributed by atoms with Crippen molar-refractivity contribution in [2.24, 2.45) is 0 Å². The van der Waals surface area contributed by atoms with Crippen LogP contribution in [0, 0.1) is 0 Å². The molecule has 0 amide bonds. The third-order valence-corrected chi connectivity index (χ3v) is 5.04. The van der Waals surface area contributed by atoms with Gasteiger partial charge < -0.3 is 5.11 Å².